The van der Waals surface area contributed by atoms with Crippen LogP contribution in [0.1, 0.15) is 13.3 Å². The van der Waals surface area contributed by atoms with E-state index in [0.717, 1.165) is 6.92 Å². The quantitative estimate of drug-likeness (QED) is 0.557. The molecular weight excluding hydrogens is 318 g/mol. The average molecular weight is 335 g/mol. The third-order valence-corrected chi connectivity index (χ3v) is 3.53. The topological polar surface area (TPSA) is 140 Å². The highest BCUT2D eigenvalue weighted by Gasteiger charge is 2.37. The third kappa shape index (κ3) is 3.69. The zero-order chi connectivity index (χ0) is 17.9. The minimum atomic E-state index is -2.12. The molecule has 2 atom stereocenters. The van der Waals surface area contributed by atoms with Crippen LogP contribution in [-0.2, 0) is 14.4 Å². The maximum atomic E-state index is 12.1. The lowest BCUT2D eigenvalue weighted by molar-refractivity contribution is -0.156. The van der Waals surface area contributed by atoms with Crippen LogP contribution >= 0.6 is 0 Å². The van der Waals surface area contributed by atoms with Gasteiger partial charge < -0.3 is 20.6 Å². The highest BCUT2D eigenvalue weighted by molar-refractivity contribution is 6.40. The van der Waals surface area contributed by atoms with Crippen LogP contribution in [0.5, 0.6) is 0 Å². The molecule has 0 bridgehead atoms. The Morgan fingerprint density at radius 3 is 2.46 bits per heavy atom. The maximum Gasteiger partial charge on any atom is 0.337 e. The molecule has 128 valence electrons. The SMILES string of the molecule is CC(O)(CNC(=O)C1=NN(c2ccccc2)C(C(=O)O)C1)C(=O)O. The molecule has 0 fully saturated rings. The summed E-state index contributed by atoms with van der Waals surface area (Å²) in [7, 11) is 0. The summed E-state index contributed by atoms with van der Waals surface area (Å²) in [4.78, 5) is 34.3. The number of carboxylic acid groups (broad SMARTS) is 2. The molecule has 1 amide bonds. The van der Waals surface area contributed by atoms with Crippen molar-refractivity contribution in [3.63, 3.8) is 0 Å². The second-order valence-corrected chi connectivity index (χ2v) is 5.55. The van der Waals surface area contributed by atoms with Crippen molar-refractivity contribution in [1.29, 1.82) is 0 Å². The Balaban J connectivity index is 2.14. The van der Waals surface area contributed by atoms with Crippen molar-refractivity contribution in [2.24, 2.45) is 5.10 Å². The number of anilines is 1. The number of carbonyl (C=O) groups excluding carboxylic acids is 1. The second kappa shape index (κ2) is 6.67. The van der Waals surface area contributed by atoms with Crippen LogP contribution < -0.4 is 10.3 Å². The van der Waals surface area contributed by atoms with Crippen LogP contribution in [0.25, 0.3) is 0 Å². The first-order valence-electron chi connectivity index (χ1n) is 7.11. The van der Waals surface area contributed by atoms with Gasteiger partial charge in [-0.3, -0.25) is 9.80 Å². The fourth-order valence-corrected chi connectivity index (χ4v) is 2.09. The number of nitrogens with zero attached hydrogens (tertiary/aromatic N) is 2. The van der Waals surface area contributed by atoms with Crippen LogP contribution in [0.3, 0.4) is 0 Å². The van der Waals surface area contributed by atoms with Crippen molar-refractivity contribution in [2.45, 2.75) is 25.0 Å². The van der Waals surface area contributed by atoms with E-state index in [1.165, 1.54) is 5.01 Å². The van der Waals surface area contributed by atoms with Crippen molar-refractivity contribution in [1.82, 2.24) is 5.32 Å². The number of hydrogen-bond donors (Lipinski definition) is 4. The molecule has 0 aliphatic carbocycles. The molecular formula is C15H17N3O6. The lowest BCUT2D eigenvalue weighted by Gasteiger charge is -2.19. The van der Waals surface area contributed by atoms with E-state index in [-0.39, 0.29) is 12.1 Å². The number of carboxylic acids is 2. The molecule has 0 spiro atoms. The Hall–Kier alpha value is -2.94. The Morgan fingerprint density at radius 2 is 1.92 bits per heavy atom. The largest absolute Gasteiger partial charge is 0.480 e. The minimum Gasteiger partial charge on any atom is -0.480 e. The highest BCUT2D eigenvalue weighted by Crippen LogP contribution is 2.24. The lowest BCUT2D eigenvalue weighted by atomic mass is 10.1. The molecule has 2 rings (SSSR count). The number of rotatable bonds is 6. The Labute approximate surface area is 137 Å². The molecule has 1 aromatic carbocycles. The fourth-order valence-electron chi connectivity index (χ4n) is 2.09. The predicted molar refractivity (Wildman–Crippen MR) is 83.7 cm³/mol. The number of para-hydroxylation sites is 1. The molecule has 2 unspecified atom stereocenters. The van der Waals surface area contributed by atoms with Crippen molar-refractivity contribution >= 4 is 29.2 Å². The molecule has 0 saturated carbocycles. The summed E-state index contributed by atoms with van der Waals surface area (Å²) < 4.78 is 0. The van der Waals surface area contributed by atoms with E-state index in [1.807, 2.05) is 0 Å². The summed E-state index contributed by atoms with van der Waals surface area (Å²) in [6, 6.07) is 7.48. The van der Waals surface area contributed by atoms with E-state index in [1.54, 1.807) is 30.3 Å². The second-order valence-electron chi connectivity index (χ2n) is 5.55. The Kier molecular flexibility index (Phi) is 4.84. The standard InChI is InChI=1S/C15H17N3O6/c1-15(24,14(22)23)8-16-12(19)10-7-11(13(20)21)18(17-10)9-5-3-2-4-6-9/h2-6,11,24H,7-8H2,1H3,(H,16,19)(H,20,21)(H,22,23). The smallest absolute Gasteiger partial charge is 0.337 e. The molecule has 1 aliphatic rings. The van der Waals surface area contributed by atoms with Crippen LogP contribution in [0, 0.1) is 0 Å². The van der Waals surface area contributed by atoms with Gasteiger partial charge in [0.05, 0.1) is 12.2 Å². The van der Waals surface area contributed by atoms with E-state index >= 15 is 0 Å². The van der Waals surface area contributed by atoms with Crippen LogP contribution in [0.2, 0.25) is 0 Å². The first-order chi connectivity index (χ1) is 11.2. The number of aliphatic carboxylic acids is 2. The van der Waals surface area contributed by atoms with Gasteiger partial charge in [0.25, 0.3) is 5.91 Å². The zero-order valence-electron chi connectivity index (χ0n) is 12.8. The van der Waals surface area contributed by atoms with Crippen LogP contribution in [0.15, 0.2) is 35.4 Å². The first kappa shape index (κ1) is 17.4. The number of amides is 1. The van der Waals surface area contributed by atoms with Crippen LogP contribution in [-0.4, -0.2) is 57.1 Å². The molecule has 0 aromatic heterocycles. The summed E-state index contributed by atoms with van der Waals surface area (Å²) in [5, 5.41) is 35.2. The van der Waals surface area contributed by atoms with Gasteiger partial charge in [-0.25, -0.2) is 9.59 Å². The molecule has 9 nitrogen and oxygen atoms in total. The fraction of sp³-hybridized carbons (Fsp3) is 0.333. The van der Waals surface area contributed by atoms with Crippen LogP contribution in [0.4, 0.5) is 5.69 Å². The lowest BCUT2D eigenvalue weighted by Crippen LogP contribution is -2.48. The first-order valence-corrected chi connectivity index (χ1v) is 7.11. The van der Waals surface area contributed by atoms with Crippen molar-refractivity contribution < 1.29 is 29.7 Å². The molecule has 0 saturated heterocycles. The van der Waals surface area contributed by atoms with Crippen molar-refractivity contribution in [2.75, 3.05) is 11.6 Å². The van der Waals surface area contributed by atoms with Gasteiger partial charge in [0.2, 0.25) is 0 Å². The molecule has 1 heterocycles. The van der Waals surface area contributed by atoms with Crippen molar-refractivity contribution in [3.05, 3.63) is 30.3 Å². The molecule has 24 heavy (non-hydrogen) atoms. The van der Waals surface area contributed by atoms with E-state index < -0.39 is 36.0 Å². The summed E-state index contributed by atoms with van der Waals surface area (Å²) in [6.45, 7) is 0.520. The molecule has 0 radical (unpaired) electrons. The minimum absolute atomic E-state index is 0.0487. The number of hydrogen-bond acceptors (Lipinski definition) is 6. The number of carbonyl (C=O) groups is 3. The summed E-state index contributed by atoms with van der Waals surface area (Å²) in [5.41, 5.74) is -1.65. The maximum absolute atomic E-state index is 12.1. The van der Waals surface area contributed by atoms with E-state index in [2.05, 4.69) is 10.4 Å². The highest BCUT2D eigenvalue weighted by atomic mass is 16.4. The molecule has 4 N–H and O–H groups in total. The normalized spacial score (nSPS) is 19.3. The molecule has 1 aromatic rings. The van der Waals surface area contributed by atoms with Crippen molar-refractivity contribution in [3.8, 4) is 0 Å². The zero-order valence-corrected chi connectivity index (χ0v) is 12.8. The Bertz CT molecular complexity index is 686. The van der Waals surface area contributed by atoms with E-state index in [0.29, 0.717) is 5.69 Å². The van der Waals surface area contributed by atoms with Gasteiger partial charge in [-0.15, -0.1) is 0 Å². The van der Waals surface area contributed by atoms with Gasteiger partial charge >= 0.3 is 11.9 Å². The molecule has 1 aliphatic heterocycles. The number of hydrazone groups is 1. The predicted octanol–water partition coefficient (Wildman–Crippen LogP) is -0.342. The third-order valence-electron chi connectivity index (χ3n) is 3.53. The van der Waals surface area contributed by atoms with E-state index in [4.69, 9.17) is 5.11 Å². The monoisotopic (exact) mass is 335 g/mol. The number of nitrogens with one attached hydrogen (secondary N) is 1. The van der Waals surface area contributed by atoms with Gasteiger partial charge in [0.15, 0.2) is 11.6 Å². The summed E-state index contributed by atoms with van der Waals surface area (Å²) in [6.07, 6.45) is -0.134. The summed E-state index contributed by atoms with van der Waals surface area (Å²) in [5.74, 6) is -3.34. The number of aliphatic hydroxyl groups is 1. The van der Waals surface area contributed by atoms with E-state index in [9.17, 15) is 24.6 Å². The van der Waals surface area contributed by atoms with Gasteiger partial charge in [-0.2, -0.15) is 5.10 Å². The van der Waals surface area contributed by atoms with Gasteiger partial charge in [0.1, 0.15) is 5.71 Å². The average Bonchev–Trinajstić information content (AvgIpc) is 2.99. The van der Waals surface area contributed by atoms with Gasteiger partial charge in [-0.1, -0.05) is 18.2 Å². The number of benzene rings is 1. The molecule has 9 heteroatoms. The summed E-state index contributed by atoms with van der Waals surface area (Å²) >= 11 is 0. The van der Waals surface area contributed by atoms with Gasteiger partial charge in [-0.05, 0) is 19.1 Å². The van der Waals surface area contributed by atoms with Gasteiger partial charge in [0, 0.05) is 6.42 Å². The Morgan fingerprint density at radius 1 is 1.29 bits per heavy atom.